The Morgan fingerprint density at radius 2 is 1.52 bits per heavy atom. The first-order valence-electron chi connectivity index (χ1n) is 8.47. The molecule has 1 aliphatic heterocycles. The lowest BCUT2D eigenvalue weighted by molar-refractivity contribution is -0.157. The number of esters is 3. The molecular weight excluding hydrogens is 326 g/mol. The molecule has 1 N–H and O–H groups in total. The quantitative estimate of drug-likeness (QED) is 0.308. The standard InChI is InChI=1S/C18H29NO6/c1-6-14(20)23-9-10-24-15(21)7-8-16(22)25-13-11-17(2,3)19-18(4,5)12-13/h6,13,19H,1,7-12H2,2-5H3. The van der Waals surface area contributed by atoms with Crippen molar-refractivity contribution in [2.24, 2.45) is 0 Å². The molecule has 1 aliphatic rings. The fraction of sp³-hybridized carbons (Fsp3) is 0.722. The highest BCUT2D eigenvalue weighted by atomic mass is 16.6. The summed E-state index contributed by atoms with van der Waals surface area (Å²) >= 11 is 0. The Morgan fingerprint density at radius 1 is 1.00 bits per heavy atom. The average Bonchev–Trinajstić information content (AvgIpc) is 2.45. The third kappa shape index (κ3) is 8.67. The molecule has 0 aromatic carbocycles. The molecule has 25 heavy (non-hydrogen) atoms. The van der Waals surface area contributed by atoms with E-state index in [4.69, 9.17) is 9.47 Å². The summed E-state index contributed by atoms with van der Waals surface area (Å²) in [6.07, 6.45) is 2.21. The molecule has 0 spiro atoms. The van der Waals surface area contributed by atoms with Crippen LogP contribution in [0.3, 0.4) is 0 Å². The molecule has 0 aromatic heterocycles. The van der Waals surface area contributed by atoms with Gasteiger partial charge in [-0.3, -0.25) is 9.59 Å². The smallest absolute Gasteiger partial charge is 0.330 e. The van der Waals surface area contributed by atoms with Crippen LogP contribution in [0.2, 0.25) is 0 Å². The van der Waals surface area contributed by atoms with Crippen LogP contribution >= 0.6 is 0 Å². The van der Waals surface area contributed by atoms with Gasteiger partial charge in [-0.1, -0.05) is 6.58 Å². The van der Waals surface area contributed by atoms with Crippen LogP contribution in [0.15, 0.2) is 12.7 Å². The van der Waals surface area contributed by atoms with Crippen molar-refractivity contribution in [3.63, 3.8) is 0 Å². The summed E-state index contributed by atoms with van der Waals surface area (Å²) < 4.78 is 15.1. The normalized spacial score (nSPS) is 18.9. The highest BCUT2D eigenvalue weighted by Gasteiger charge is 2.39. The molecule has 1 fully saturated rings. The molecule has 0 radical (unpaired) electrons. The van der Waals surface area contributed by atoms with E-state index in [2.05, 4.69) is 44.3 Å². The number of rotatable bonds is 8. The lowest BCUT2D eigenvalue weighted by Gasteiger charge is -2.45. The summed E-state index contributed by atoms with van der Waals surface area (Å²) in [5.41, 5.74) is -0.233. The number of piperidine rings is 1. The lowest BCUT2D eigenvalue weighted by Crippen LogP contribution is -2.59. The van der Waals surface area contributed by atoms with Gasteiger partial charge >= 0.3 is 17.9 Å². The minimum Gasteiger partial charge on any atom is -0.462 e. The molecule has 0 saturated carbocycles. The molecule has 1 heterocycles. The van der Waals surface area contributed by atoms with Crippen molar-refractivity contribution < 1.29 is 28.6 Å². The van der Waals surface area contributed by atoms with E-state index in [-0.39, 0.29) is 43.2 Å². The lowest BCUT2D eigenvalue weighted by atomic mass is 9.81. The third-order valence-electron chi connectivity index (χ3n) is 3.74. The molecule has 142 valence electrons. The number of hydrogen-bond acceptors (Lipinski definition) is 7. The number of nitrogens with one attached hydrogen (secondary N) is 1. The number of ether oxygens (including phenoxy) is 3. The Labute approximate surface area is 149 Å². The number of hydrogen-bond donors (Lipinski definition) is 1. The first-order chi connectivity index (χ1) is 11.5. The fourth-order valence-electron chi connectivity index (χ4n) is 3.19. The van der Waals surface area contributed by atoms with Gasteiger partial charge in [0.25, 0.3) is 0 Å². The highest BCUT2D eigenvalue weighted by Crippen LogP contribution is 2.30. The van der Waals surface area contributed by atoms with Crippen LogP contribution in [-0.4, -0.2) is 48.3 Å². The van der Waals surface area contributed by atoms with Crippen LogP contribution in [0.5, 0.6) is 0 Å². The summed E-state index contributed by atoms with van der Waals surface area (Å²) in [6.45, 7) is 11.5. The second kappa shape index (κ2) is 8.99. The maximum Gasteiger partial charge on any atom is 0.330 e. The first-order valence-corrected chi connectivity index (χ1v) is 8.47. The molecule has 1 saturated heterocycles. The van der Waals surface area contributed by atoms with Crippen LogP contribution < -0.4 is 5.32 Å². The Hall–Kier alpha value is -1.89. The third-order valence-corrected chi connectivity index (χ3v) is 3.74. The monoisotopic (exact) mass is 355 g/mol. The van der Waals surface area contributed by atoms with E-state index < -0.39 is 17.9 Å². The topological polar surface area (TPSA) is 90.9 Å². The number of carbonyl (C=O) groups is 3. The Balaban J connectivity index is 2.27. The Morgan fingerprint density at radius 3 is 2.08 bits per heavy atom. The first kappa shape index (κ1) is 21.2. The minimum atomic E-state index is -0.576. The predicted octanol–water partition coefficient (Wildman–Crippen LogP) is 1.89. The van der Waals surface area contributed by atoms with Gasteiger partial charge < -0.3 is 19.5 Å². The van der Waals surface area contributed by atoms with E-state index in [0.717, 1.165) is 18.9 Å². The molecule has 0 atom stereocenters. The van der Waals surface area contributed by atoms with E-state index in [1.807, 2.05) is 0 Å². The van der Waals surface area contributed by atoms with Gasteiger partial charge in [0.1, 0.15) is 19.3 Å². The Bertz CT molecular complexity index is 496. The highest BCUT2D eigenvalue weighted by molar-refractivity contribution is 5.81. The zero-order valence-electron chi connectivity index (χ0n) is 15.6. The van der Waals surface area contributed by atoms with E-state index in [0.29, 0.717) is 0 Å². The van der Waals surface area contributed by atoms with Gasteiger partial charge in [0, 0.05) is 30.0 Å². The Kier molecular flexibility index (Phi) is 7.60. The van der Waals surface area contributed by atoms with Crippen LogP contribution in [0.4, 0.5) is 0 Å². The second-order valence-electron chi connectivity index (χ2n) is 7.50. The molecular formula is C18H29NO6. The molecule has 0 amide bonds. The van der Waals surface area contributed by atoms with Crippen LogP contribution in [-0.2, 0) is 28.6 Å². The summed E-state index contributed by atoms with van der Waals surface area (Å²) in [4.78, 5) is 34.3. The van der Waals surface area contributed by atoms with Gasteiger partial charge in [0.05, 0.1) is 12.8 Å². The fourth-order valence-corrected chi connectivity index (χ4v) is 3.19. The maximum absolute atomic E-state index is 12.0. The van der Waals surface area contributed by atoms with Crippen molar-refractivity contribution in [1.29, 1.82) is 0 Å². The molecule has 0 bridgehead atoms. The molecule has 7 nitrogen and oxygen atoms in total. The molecule has 0 aliphatic carbocycles. The van der Waals surface area contributed by atoms with Crippen LogP contribution in [0.25, 0.3) is 0 Å². The largest absolute Gasteiger partial charge is 0.462 e. The minimum absolute atomic E-state index is 0.0317. The predicted molar refractivity (Wildman–Crippen MR) is 91.8 cm³/mol. The summed E-state index contributed by atoms with van der Waals surface area (Å²) in [5, 5.41) is 3.52. The summed E-state index contributed by atoms with van der Waals surface area (Å²) in [6, 6.07) is 0. The zero-order valence-corrected chi connectivity index (χ0v) is 15.6. The van der Waals surface area contributed by atoms with Crippen molar-refractivity contribution >= 4 is 17.9 Å². The average molecular weight is 355 g/mol. The second-order valence-corrected chi connectivity index (χ2v) is 7.50. The van der Waals surface area contributed by atoms with Gasteiger partial charge in [-0.15, -0.1) is 0 Å². The molecule has 1 rings (SSSR count). The van der Waals surface area contributed by atoms with Crippen molar-refractivity contribution in [2.45, 2.75) is 70.6 Å². The van der Waals surface area contributed by atoms with E-state index >= 15 is 0 Å². The van der Waals surface area contributed by atoms with Gasteiger partial charge in [-0.05, 0) is 27.7 Å². The summed E-state index contributed by atoms with van der Waals surface area (Å²) in [7, 11) is 0. The van der Waals surface area contributed by atoms with Crippen molar-refractivity contribution in [3.05, 3.63) is 12.7 Å². The van der Waals surface area contributed by atoms with Gasteiger partial charge in [0.15, 0.2) is 0 Å². The number of carbonyl (C=O) groups excluding carboxylic acids is 3. The van der Waals surface area contributed by atoms with Gasteiger partial charge in [-0.25, -0.2) is 4.79 Å². The molecule has 0 unspecified atom stereocenters. The molecule has 7 heteroatoms. The molecule has 0 aromatic rings. The van der Waals surface area contributed by atoms with Gasteiger partial charge in [0.2, 0.25) is 0 Å². The van der Waals surface area contributed by atoms with E-state index in [1.54, 1.807) is 0 Å². The van der Waals surface area contributed by atoms with E-state index in [1.165, 1.54) is 0 Å². The van der Waals surface area contributed by atoms with Crippen LogP contribution in [0, 0.1) is 0 Å². The van der Waals surface area contributed by atoms with E-state index in [9.17, 15) is 14.4 Å². The van der Waals surface area contributed by atoms with Crippen molar-refractivity contribution in [2.75, 3.05) is 13.2 Å². The van der Waals surface area contributed by atoms with Crippen molar-refractivity contribution in [3.8, 4) is 0 Å². The van der Waals surface area contributed by atoms with Gasteiger partial charge in [-0.2, -0.15) is 0 Å². The van der Waals surface area contributed by atoms with Crippen LogP contribution in [0.1, 0.15) is 53.4 Å². The maximum atomic E-state index is 12.0. The van der Waals surface area contributed by atoms with Crippen molar-refractivity contribution in [1.82, 2.24) is 5.32 Å². The zero-order chi connectivity index (χ0) is 19.1. The summed E-state index contributed by atoms with van der Waals surface area (Å²) in [5.74, 6) is -1.52. The SMILES string of the molecule is C=CC(=O)OCCOC(=O)CCC(=O)OC1CC(C)(C)NC(C)(C)C1.